The van der Waals surface area contributed by atoms with Crippen LogP contribution >= 0.6 is 0 Å². The van der Waals surface area contributed by atoms with Gasteiger partial charge in [0, 0.05) is 18.3 Å². The van der Waals surface area contributed by atoms with E-state index >= 15 is 0 Å². The molecular formula is C17H26N2. The van der Waals surface area contributed by atoms with Crippen molar-refractivity contribution in [3.05, 3.63) is 29.8 Å². The molecule has 0 aromatic heterocycles. The summed E-state index contributed by atoms with van der Waals surface area (Å²) in [6.45, 7) is 2.33. The molecule has 1 aromatic rings. The topological polar surface area (TPSA) is 15.3 Å². The Morgan fingerprint density at radius 2 is 2.05 bits per heavy atom. The van der Waals surface area contributed by atoms with E-state index in [2.05, 4.69) is 34.5 Å². The van der Waals surface area contributed by atoms with Crippen molar-refractivity contribution in [3.63, 3.8) is 0 Å². The van der Waals surface area contributed by atoms with Gasteiger partial charge < -0.3 is 10.2 Å². The molecule has 2 nitrogen and oxygen atoms in total. The van der Waals surface area contributed by atoms with Gasteiger partial charge in [0.25, 0.3) is 0 Å². The lowest BCUT2D eigenvalue weighted by Crippen LogP contribution is -2.47. The summed E-state index contributed by atoms with van der Waals surface area (Å²) in [4.78, 5) is 2.72. The van der Waals surface area contributed by atoms with Crippen molar-refractivity contribution < 1.29 is 0 Å². The molecule has 1 aliphatic carbocycles. The van der Waals surface area contributed by atoms with Crippen molar-refractivity contribution in [3.8, 4) is 0 Å². The Morgan fingerprint density at radius 3 is 2.95 bits per heavy atom. The normalized spacial score (nSPS) is 25.8. The maximum Gasteiger partial charge on any atom is 0.0401 e. The third kappa shape index (κ3) is 2.64. The van der Waals surface area contributed by atoms with Gasteiger partial charge in [0.2, 0.25) is 0 Å². The van der Waals surface area contributed by atoms with Crippen molar-refractivity contribution in [2.24, 2.45) is 5.92 Å². The fourth-order valence-corrected chi connectivity index (χ4v) is 3.97. The van der Waals surface area contributed by atoms with E-state index in [1.165, 1.54) is 50.8 Å². The molecule has 1 fully saturated rings. The second kappa shape index (κ2) is 5.96. The zero-order valence-electron chi connectivity index (χ0n) is 12.1. The van der Waals surface area contributed by atoms with Crippen molar-refractivity contribution in [2.75, 3.05) is 25.0 Å². The first kappa shape index (κ1) is 13.0. The van der Waals surface area contributed by atoms with Crippen LogP contribution < -0.4 is 10.2 Å². The van der Waals surface area contributed by atoms with Gasteiger partial charge in [-0.25, -0.2) is 0 Å². The Labute approximate surface area is 117 Å². The Hall–Kier alpha value is -1.02. The molecule has 2 unspecified atom stereocenters. The smallest absolute Gasteiger partial charge is 0.0401 e. The number of fused-ring (bicyclic) bond motifs is 2. The van der Waals surface area contributed by atoms with Crippen LogP contribution in [0.25, 0.3) is 0 Å². The summed E-state index contributed by atoms with van der Waals surface area (Å²) in [6, 6.07) is 9.88. The molecule has 3 rings (SSSR count). The van der Waals surface area contributed by atoms with Crippen molar-refractivity contribution in [2.45, 2.75) is 44.6 Å². The number of nitrogens with one attached hydrogen (secondary N) is 1. The molecule has 19 heavy (non-hydrogen) atoms. The summed E-state index contributed by atoms with van der Waals surface area (Å²) in [7, 11) is 2.05. The first-order valence-corrected chi connectivity index (χ1v) is 7.89. The lowest BCUT2D eigenvalue weighted by molar-refractivity contribution is 0.278. The van der Waals surface area contributed by atoms with Crippen molar-refractivity contribution >= 4 is 5.69 Å². The maximum atomic E-state index is 3.28. The average molecular weight is 258 g/mol. The standard InChI is InChI=1S/C17H26N2/c1-18-11-6-12-19-16-9-4-2-7-14(16)13-15-8-3-5-10-17(15)19/h2,4,7,9,15,17-18H,3,5-6,8,10-13H2,1H3. The number of para-hydroxylation sites is 1. The third-order valence-electron chi connectivity index (χ3n) is 4.88. The number of rotatable bonds is 4. The lowest BCUT2D eigenvalue weighted by Gasteiger charge is -2.46. The molecule has 1 heterocycles. The minimum absolute atomic E-state index is 0.806. The van der Waals surface area contributed by atoms with Gasteiger partial charge in [-0.2, -0.15) is 0 Å². The van der Waals surface area contributed by atoms with Gasteiger partial charge in [-0.15, -0.1) is 0 Å². The van der Waals surface area contributed by atoms with Crippen LogP contribution in [0.15, 0.2) is 24.3 Å². The van der Waals surface area contributed by atoms with E-state index in [0.29, 0.717) is 0 Å². The highest BCUT2D eigenvalue weighted by molar-refractivity contribution is 5.57. The first-order chi connectivity index (χ1) is 9.40. The fraction of sp³-hybridized carbons (Fsp3) is 0.647. The summed E-state index contributed by atoms with van der Waals surface area (Å²) in [5.41, 5.74) is 3.09. The minimum atomic E-state index is 0.806. The highest BCUT2D eigenvalue weighted by atomic mass is 15.2. The van der Waals surface area contributed by atoms with E-state index in [4.69, 9.17) is 0 Å². The number of nitrogens with zero attached hydrogens (tertiary/aromatic N) is 1. The molecule has 2 atom stereocenters. The highest BCUT2D eigenvalue weighted by Gasteiger charge is 2.35. The molecule has 1 aromatic carbocycles. The van der Waals surface area contributed by atoms with Gasteiger partial charge in [0.15, 0.2) is 0 Å². The highest BCUT2D eigenvalue weighted by Crippen LogP contribution is 2.40. The molecule has 2 heteroatoms. The van der Waals surface area contributed by atoms with Crippen LogP contribution in [0, 0.1) is 5.92 Å². The number of benzene rings is 1. The van der Waals surface area contributed by atoms with Crippen LogP contribution in [0.4, 0.5) is 5.69 Å². The average Bonchev–Trinajstić information content (AvgIpc) is 2.46. The van der Waals surface area contributed by atoms with E-state index in [9.17, 15) is 0 Å². The maximum absolute atomic E-state index is 3.28. The van der Waals surface area contributed by atoms with E-state index in [1.54, 1.807) is 5.56 Å². The molecule has 104 valence electrons. The molecule has 0 amide bonds. The van der Waals surface area contributed by atoms with E-state index in [0.717, 1.165) is 18.5 Å². The third-order valence-corrected chi connectivity index (χ3v) is 4.88. The molecule has 1 N–H and O–H groups in total. The Kier molecular flexibility index (Phi) is 4.07. The van der Waals surface area contributed by atoms with Crippen LogP contribution in [-0.4, -0.2) is 26.2 Å². The number of hydrogen-bond acceptors (Lipinski definition) is 2. The van der Waals surface area contributed by atoms with Crippen LogP contribution in [-0.2, 0) is 6.42 Å². The quantitative estimate of drug-likeness (QED) is 0.834. The van der Waals surface area contributed by atoms with Gasteiger partial charge in [-0.3, -0.25) is 0 Å². The predicted molar refractivity (Wildman–Crippen MR) is 81.8 cm³/mol. The van der Waals surface area contributed by atoms with Crippen molar-refractivity contribution in [1.82, 2.24) is 5.32 Å². The Morgan fingerprint density at radius 1 is 1.21 bits per heavy atom. The van der Waals surface area contributed by atoms with Gasteiger partial charge in [0.1, 0.15) is 0 Å². The summed E-state index contributed by atoms with van der Waals surface area (Å²) in [5.74, 6) is 0.901. The molecule has 2 aliphatic rings. The number of hydrogen-bond donors (Lipinski definition) is 1. The van der Waals surface area contributed by atoms with Crippen LogP contribution in [0.1, 0.15) is 37.7 Å². The SMILES string of the molecule is CNCCCN1c2ccccc2CC2CCCCC21. The molecule has 0 radical (unpaired) electrons. The van der Waals surface area contributed by atoms with Gasteiger partial charge in [-0.1, -0.05) is 31.0 Å². The monoisotopic (exact) mass is 258 g/mol. The first-order valence-electron chi connectivity index (χ1n) is 7.89. The second-order valence-electron chi connectivity index (χ2n) is 6.10. The molecular weight excluding hydrogens is 232 g/mol. The molecule has 1 saturated carbocycles. The van der Waals surface area contributed by atoms with Crippen LogP contribution in [0.5, 0.6) is 0 Å². The number of anilines is 1. The minimum Gasteiger partial charge on any atom is -0.368 e. The van der Waals surface area contributed by atoms with Gasteiger partial charge in [-0.05, 0) is 56.8 Å². The molecule has 0 bridgehead atoms. The summed E-state index contributed by atoms with van der Waals surface area (Å²) >= 11 is 0. The zero-order chi connectivity index (χ0) is 13.1. The largest absolute Gasteiger partial charge is 0.368 e. The van der Waals surface area contributed by atoms with E-state index < -0.39 is 0 Å². The van der Waals surface area contributed by atoms with Crippen LogP contribution in [0.2, 0.25) is 0 Å². The molecule has 1 aliphatic heterocycles. The van der Waals surface area contributed by atoms with E-state index in [-0.39, 0.29) is 0 Å². The summed E-state index contributed by atoms with van der Waals surface area (Å²) in [5, 5.41) is 3.28. The van der Waals surface area contributed by atoms with E-state index in [1.807, 2.05) is 7.05 Å². The molecule has 0 spiro atoms. The second-order valence-corrected chi connectivity index (χ2v) is 6.10. The zero-order valence-corrected chi connectivity index (χ0v) is 12.1. The van der Waals surface area contributed by atoms with Crippen LogP contribution in [0.3, 0.4) is 0 Å². The summed E-state index contributed by atoms with van der Waals surface area (Å²) in [6.07, 6.45) is 8.25. The van der Waals surface area contributed by atoms with Gasteiger partial charge in [0.05, 0.1) is 0 Å². The Balaban J connectivity index is 1.83. The van der Waals surface area contributed by atoms with Gasteiger partial charge >= 0.3 is 0 Å². The Bertz CT molecular complexity index is 415. The molecule has 0 saturated heterocycles. The van der Waals surface area contributed by atoms with Crippen molar-refractivity contribution in [1.29, 1.82) is 0 Å². The lowest BCUT2D eigenvalue weighted by atomic mass is 9.76. The fourth-order valence-electron chi connectivity index (χ4n) is 3.97. The summed E-state index contributed by atoms with van der Waals surface area (Å²) < 4.78 is 0. The predicted octanol–water partition coefficient (Wildman–Crippen LogP) is 3.22.